The van der Waals surface area contributed by atoms with E-state index >= 15 is 0 Å². The summed E-state index contributed by atoms with van der Waals surface area (Å²) < 4.78 is 33.5. The molecule has 5 heteroatoms. The summed E-state index contributed by atoms with van der Waals surface area (Å²) in [6, 6.07) is 8.98. The van der Waals surface area contributed by atoms with Gasteiger partial charge in [-0.25, -0.2) is 8.42 Å². The van der Waals surface area contributed by atoms with Crippen LogP contribution in [0.1, 0.15) is 59.3 Å². The average Bonchev–Trinajstić information content (AvgIpc) is 3.24. The first-order valence-corrected chi connectivity index (χ1v) is 15.1. The predicted molar refractivity (Wildman–Crippen MR) is 116 cm³/mol. The summed E-state index contributed by atoms with van der Waals surface area (Å²) in [5.74, 6) is 0.500. The Hall–Kier alpha value is -0.913. The highest BCUT2D eigenvalue weighted by molar-refractivity contribution is 7.95. The highest BCUT2D eigenvalue weighted by atomic mass is 32.2. The largest absolute Gasteiger partial charge is 0.414 e. The van der Waals surface area contributed by atoms with Gasteiger partial charge < -0.3 is 4.43 Å². The molecule has 0 heterocycles. The van der Waals surface area contributed by atoms with Crippen molar-refractivity contribution < 1.29 is 12.8 Å². The van der Waals surface area contributed by atoms with Crippen molar-refractivity contribution in [2.75, 3.05) is 0 Å². The first kappa shape index (κ1) is 20.4. The van der Waals surface area contributed by atoms with Gasteiger partial charge in [0.05, 0.1) is 4.90 Å². The van der Waals surface area contributed by atoms with E-state index in [1.54, 1.807) is 12.1 Å². The molecule has 0 N–H and O–H groups in total. The Morgan fingerprint density at radius 3 is 2.36 bits per heavy atom. The highest BCUT2D eigenvalue weighted by Gasteiger charge is 2.59. The maximum atomic E-state index is 13.3. The second kappa shape index (κ2) is 6.54. The van der Waals surface area contributed by atoms with Crippen molar-refractivity contribution >= 4 is 18.2 Å². The zero-order chi connectivity index (χ0) is 20.4. The first-order valence-electron chi connectivity index (χ1n) is 10.7. The van der Waals surface area contributed by atoms with E-state index in [0.717, 1.165) is 37.0 Å². The number of allylic oxidation sites excluding steroid dienone is 2. The van der Waals surface area contributed by atoms with E-state index in [4.69, 9.17) is 4.43 Å². The smallest absolute Gasteiger partial charge is 0.202 e. The Balaban J connectivity index is 1.65. The summed E-state index contributed by atoms with van der Waals surface area (Å²) in [6.07, 6.45) is 6.20. The van der Waals surface area contributed by atoms with Crippen molar-refractivity contribution in [3.63, 3.8) is 0 Å². The van der Waals surface area contributed by atoms with Crippen LogP contribution in [0.5, 0.6) is 0 Å². The Labute approximate surface area is 171 Å². The van der Waals surface area contributed by atoms with Crippen LogP contribution in [0.15, 0.2) is 45.7 Å². The topological polar surface area (TPSA) is 43.4 Å². The van der Waals surface area contributed by atoms with Crippen molar-refractivity contribution in [3.8, 4) is 0 Å². The fourth-order valence-electron chi connectivity index (χ4n) is 5.63. The van der Waals surface area contributed by atoms with Gasteiger partial charge in [0.15, 0.2) is 8.32 Å². The molecule has 0 unspecified atom stereocenters. The van der Waals surface area contributed by atoms with Gasteiger partial charge in [-0.05, 0) is 85.7 Å². The van der Waals surface area contributed by atoms with Crippen LogP contribution in [0.4, 0.5) is 0 Å². The van der Waals surface area contributed by atoms with Crippen LogP contribution in [-0.4, -0.2) is 22.8 Å². The standard InChI is InChI=1S/C23H34O3SSi/c1-22(2,3)28(4,5)26-20-13-15-23-16-14-21(19(23)12-11-18(20)23)27(24,25)17-9-7-6-8-10-17/h6-10,18,20H,11-16H2,1-5H3/t18-,20-,23-/m1/s1. The molecule has 3 aliphatic carbocycles. The summed E-state index contributed by atoms with van der Waals surface area (Å²) in [6.45, 7) is 11.6. The molecule has 0 amide bonds. The Morgan fingerprint density at radius 1 is 1.04 bits per heavy atom. The van der Waals surface area contributed by atoms with Crippen LogP contribution in [-0.2, 0) is 14.3 Å². The molecule has 3 atom stereocenters. The second-order valence-electron chi connectivity index (χ2n) is 10.5. The van der Waals surface area contributed by atoms with Crippen LogP contribution in [0, 0.1) is 11.3 Å². The molecule has 3 nitrogen and oxygen atoms in total. The number of rotatable bonds is 4. The molecule has 3 aliphatic rings. The Bertz CT molecular complexity index is 896. The van der Waals surface area contributed by atoms with Crippen LogP contribution in [0.25, 0.3) is 0 Å². The van der Waals surface area contributed by atoms with E-state index in [-0.39, 0.29) is 10.5 Å². The molecule has 1 aromatic carbocycles. The minimum Gasteiger partial charge on any atom is -0.414 e. The number of sulfone groups is 1. The summed E-state index contributed by atoms with van der Waals surface area (Å²) in [5, 5.41) is 0.206. The number of benzene rings is 1. The SMILES string of the molecule is CC(C)(C)[Si](C)(C)O[C@@H]1CC[C@]23CCC(S(=O)(=O)c4ccccc4)=C2CC[C@H]13. The van der Waals surface area contributed by atoms with E-state index in [9.17, 15) is 8.42 Å². The van der Waals surface area contributed by atoms with E-state index in [2.05, 4.69) is 33.9 Å². The normalized spacial score (nSPS) is 30.6. The van der Waals surface area contributed by atoms with Gasteiger partial charge >= 0.3 is 0 Å². The second-order valence-corrected chi connectivity index (χ2v) is 17.2. The monoisotopic (exact) mass is 418 g/mol. The van der Waals surface area contributed by atoms with E-state index in [1.807, 2.05) is 18.2 Å². The molecule has 154 valence electrons. The zero-order valence-electron chi connectivity index (χ0n) is 17.9. The minimum atomic E-state index is -3.37. The summed E-state index contributed by atoms with van der Waals surface area (Å²) >= 11 is 0. The van der Waals surface area contributed by atoms with E-state index < -0.39 is 18.2 Å². The molecule has 0 radical (unpaired) electrons. The third kappa shape index (κ3) is 2.96. The molecule has 0 bridgehead atoms. The van der Waals surface area contributed by atoms with Crippen LogP contribution in [0.3, 0.4) is 0 Å². The van der Waals surface area contributed by atoms with Crippen molar-refractivity contribution in [1.82, 2.24) is 0 Å². The molecule has 2 saturated carbocycles. The highest BCUT2D eigenvalue weighted by Crippen LogP contribution is 2.66. The van der Waals surface area contributed by atoms with Crippen LogP contribution in [0.2, 0.25) is 18.1 Å². The maximum Gasteiger partial charge on any atom is 0.202 e. The van der Waals surface area contributed by atoms with Crippen molar-refractivity contribution in [1.29, 1.82) is 0 Å². The molecule has 1 aromatic rings. The molecule has 0 aliphatic heterocycles. The average molecular weight is 419 g/mol. The van der Waals surface area contributed by atoms with Gasteiger partial charge in [-0.15, -0.1) is 0 Å². The first-order chi connectivity index (χ1) is 13.0. The zero-order valence-corrected chi connectivity index (χ0v) is 19.7. The maximum absolute atomic E-state index is 13.3. The predicted octanol–water partition coefficient (Wildman–Crippen LogP) is 6.09. The van der Waals surface area contributed by atoms with Crippen molar-refractivity contribution in [2.24, 2.45) is 11.3 Å². The lowest BCUT2D eigenvalue weighted by Gasteiger charge is -2.40. The van der Waals surface area contributed by atoms with Crippen molar-refractivity contribution in [2.45, 2.75) is 88.4 Å². The van der Waals surface area contributed by atoms with Gasteiger partial charge in [-0.3, -0.25) is 0 Å². The number of hydrogen-bond acceptors (Lipinski definition) is 3. The van der Waals surface area contributed by atoms with Gasteiger partial charge in [-0.1, -0.05) is 39.0 Å². The van der Waals surface area contributed by atoms with Gasteiger partial charge in [0.1, 0.15) is 0 Å². The van der Waals surface area contributed by atoms with Gasteiger partial charge in [-0.2, -0.15) is 0 Å². The molecule has 28 heavy (non-hydrogen) atoms. The minimum absolute atomic E-state index is 0.0875. The lowest BCUT2D eigenvalue weighted by Crippen LogP contribution is -2.45. The lowest BCUT2D eigenvalue weighted by molar-refractivity contribution is 0.112. The third-order valence-corrected chi connectivity index (χ3v) is 14.6. The Kier molecular flexibility index (Phi) is 4.76. The van der Waals surface area contributed by atoms with Gasteiger partial charge in [0.2, 0.25) is 9.84 Å². The summed E-state index contributed by atoms with van der Waals surface area (Å²) in [4.78, 5) is 1.18. The van der Waals surface area contributed by atoms with E-state index in [0.29, 0.717) is 23.3 Å². The fraction of sp³-hybridized carbons (Fsp3) is 0.652. The fourth-order valence-corrected chi connectivity index (χ4v) is 8.82. The summed E-state index contributed by atoms with van der Waals surface area (Å²) in [7, 11) is -5.18. The van der Waals surface area contributed by atoms with Gasteiger partial charge in [0.25, 0.3) is 0 Å². The quantitative estimate of drug-likeness (QED) is 0.556. The summed E-state index contributed by atoms with van der Waals surface area (Å²) in [5.41, 5.74) is 1.34. The molecule has 0 aromatic heterocycles. The Morgan fingerprint density at radius 2 is 1.71 bits per heavy atom. The third-order valence-electron chi connectivity index (χ3n) is 8.10. The van der Waals surface area contributed by atoms with Crippen LogP contribution >= 0.6 is 0 Å². The molecular weight excluding hydrogens is 384 g/mol. The molecule has 0 saturated heterocycles. The molecule has 2 fully saturated rings. The lowest BCUT2D eigenvalue weighted by atomic mass is 9.77. The molecular formula is C23H34O3SSi. The molecule has 4 rings (SSSR count). The number of hydrogen-bond donors (Lipinski definition) is 0. The van der Waals surface area contributed by atoms with Crippen LogP contribution < -0.4 is 0 Å². The van der Waals surface area contributed by atoms with Gasteiger partial charge in [0, 0.05) is 11.0 Å². The van der Waals surface area contributed by atoms with Crippen molar-refractivity contribution in [3.05, 3.63) is 40.8 Å². The molecule has 1 spiro atoms. The van der Waals surface area contributed by atoms with E-state index in [1.165, 1.54) is 5.57 Å².